The molecule has 0 radical (unpaired) electrons. The van der Waals surface area contributed by atoms with Gasteiger partial charge >= 0.3 is 0 Å². The third-order valence-corrected chi connectivity index (χ3v) is 7.05. The summed E-state index contributed by atoms with van der Waals surface area (Å²) in [7, 11) is 2.91. The molecule has 0 spiro atoms. The molecule has 0 saturated heterocycles. The van der Waals surface area contributed by atoms with Crippen LogP contribution in [0.5, 0.6) is 0 Å². The van der Waals surface area contributed by atoms with Gasteiger partial charge in [0.15, 0.2) is 0 Å². The van der Waals surface area contributed by atoms with Crippen LogP contribution in [0.4, 0.5) is 0 Å². The largest absolute Gasteiger partial charge is 0.287 e. The molecule has 0 atom stereocenters. The van der Waals surface area contributed by atoms with Crippen LogP contribution in [0.2, 0.25) is 20.1 Å². The van der Waals surface area contributed by atoms with E-state index in [1.807, 2.05) is 12.1 Å². The van der Waals surface area contributed by atoms with Crippen LogP contribution < -0.4 is 0 Å². The second-order valence-corrected chi connectivity index (χ2v) is 11.6. The van der Waals surface area contributed by atoms with Crippen molar-refractivity contribution < 1.29 is 14.4 Å². The molecule has 6 nitrogen and oxygen atoms in total. The van der Waals surface area contributed by atoms with Crippen molar-refractivity contribution in [2.75, 3.05) is 14.2 Å². The Kier molecular flexibility index (Phi) is 14.4. The Balaban J connectivity index is 0.000000218. The molecule has 1 amide bonds. The second-order valence-electron chi connectivity index (χ2n) is 7.22. The summed E-state index contributed by atoms with van der Waals surface area (Å²) in [6.45, 7) is 0. The summed E-state index contributed by atoms with van der Waals surface area (Å²) in [5, 5.41) is 2.72. The fourth-order valence-electron chi connectivity index (χ4n) is 2.59. The lowest BCUT2D eigenvalue weighted by Gasteiger charge is -2.14. The van der Waals surface area contributed by atoms with Crippen molar-refractivity contribution in [3.63, 3.8) is 0 Å². The van der Waals surface area contributed by atoms with Gasteiger partial charge in [-0.25, -0.2) is 10.0 Å². The zero-order chi connectivity index (χ0) is 29.1. The molecule has 2 heterocycles. The number of amides is 1. The highest BCUT2D eigenvalue weighted by molar-refractivity contribution is 9.11. The number of ketones is 1. The van der Waals surface area contributed by atoms with Crippen LogP contribution in [-0.4, -0.2) is 40.9 Å². The van der Waals surface area contributed by atoms with Crippen molar-refractivity contribution >= 4 is 106 Å². The summed E-state index contributed by atoms with van der Waals surface area (Å²) < 4.78 is 2.68. The molecule has 4 rings (SSSR count). The van der Waals surface area contributed by atoms with Gasteiger partial charge in [0.25, 0.3) is 5.91 Å². The van der Waals surface area contributed by atoms with E-state index in [0.717, 1.165) is 18.6 Å². The lowest BCUT2D eigenvalue weighted by molar-refractivity contribution is -0.0756. The van der Waals surface area contributed by atoms with Crippen LogP contribution in [0.1, 0.15) is 26.4 Å². The van der Waals surface area contributed by atoms with Gasteiger partial charge < -0.3 is 0 Å². The fraction of sp³-hybridized carbons (Fsp3) is 0.0769. The van der Waals surface area contributed by atoms with Gasteiger partial charge in [-0.3, -0.25) is 19.4 Å². The fourth-order valence-corrected chi connectivity index (χ4v) is 4.28. The van der Waals surface area contributed by atoms with Gasteiger partial charge in [0, 0.05) is 44.0 Å². The zero-order valence-electron chi connectivity index (χ0n) is 20.1. The summed E-state index contributed by atoms with van der Waals surface area (Å²) in [5.41, 5.74) is 1.10. The van der Waals surface area contributed by atoms with E-state index in [2.05, 4.69) is 57.8 Å². The van der Waals surface area contributed by atoms with E-state index >= 15 is 0 Å². The van der Waals surface area contributed by atoms with Crippen LogP contribution in [0.15, 0.2) is 86.6 Å². The molecule has 2 aromatic heterocycles. The number of benzene rings is 2. The van der Waals surface area contributed by atoms with Gasteiger partial charge in [0.1, 0.15) is 10.3 Å². The first kappa shape index (κ1) is 33.6. The molecule has 0 unspecified atom stereocenters. The monoisotopic (exact) mass is 797 g/mol. The summed E-state index contributed by atoms with van der Waals surface area (Å²) >= 11 is 33.0. The second kappa shape index (κ2) is 16.6. The van der Waals surface area contributed by atoms with Crippen LogP contribution in [-0.2, 0) is 4.84 Å². The molecule has 204 valence electrons. The molecular weight excluding hydrogens is 784 g/mol. The zero-order valence-corrected chi connectivity index (χ0v) is 27.9. The number of hydrogen-bond acceptors (Lipinski definition) is 5. The lowest BCUT2D eigenvalue weighted by atomic mass is 10.1. The van der Waals surface area contributed by atoms with Gasteiger partial charge in [-0.1, -0.05) is 46.4 Å². The number of aromatic nitrogens is 2. The maximum Gasteiger partial charge on any atom is 0.278 e. The van der Waals surface area contributed by atoms with E-state index in [-0.39, 0.29) is 11.7 Å². The number of rotatable bonds is 4. The van der Waals surface area contributed by atoms with Crippen molar-refractivity contribution in [3.8, 4) is 0 Å². The summed E-state index contributed by atoms with van der Waals surface area (Å²) in [6, 6.07) is 16.6. The van der Waals surface area contributed by atoms with Crippen LogP contribution in [0.3, 0.4) is 0 Å². The highest BCUT2D eigenvalue weighted by Gasteiger charge is 2.15. The minimum absolute atomic E-state index is 0.223. The molecule has 0 N–H and O–H groups in total. The lowest BCUT2D eigenvalue weighted by Crippen LogP contribution is -2.25. The van der Waals surface area contributed by atoms with E-state index in [1.165, 1.54) is 26.3 Å². The van der Waals surface area contributed by atoms with Crippen LogP contribution in [0.25, 0.3) is 0 Å². The first-order valence-electron chi connectivity index (χ1n) is 10.6. The summed E-state index contributed by atoms with van der Waals surface area (Å²) in [4.78, 5) is 36.4. The third kappa shape index (κ3) is 11.1. The number of hydroxylamine groups is 2. The highest BCUT2D eigenvalue weighted by atomic mass is 79.9. The number of hydrogen-bond donors (Lipinski definition) is 0. The number of pyridine rings is 2. The molecule has 39 heavy (non-hydrogen) atoms. The van der Waals surface area contributed by atoms with Gasteiger partial charge in [-0.2, -0.15) is 0 Å². The maximum absolute atomic E-state index is 12.1. The molecule has 0 fully saturated rings. The first-order valence-corrected chi connectivity index (χ1v) is 14.5. The number of halogens is 7. The summed E-state index contributed by atoms with van der Waals surface area (Å²) in [5.74, 6) is -0.534. The Morgan fingerprint density at radius 3 is 1.67 bits per heavy atom. The van der Waals surface area contributed by atoms with E-state index in [0.29, 0.717) is 36.9 Å². The molecule has 0 bridgehead atoms. The van der Waals surface area contributed by atoms with Crippen molar-refractivity contribution in [1.29, 1.82) is 0 Å². The van der Waals surface area contributed by atoms with Crippen molar-refractivity contribution in [3.05, 3.63) is 124 Å². The number of carbonyl (C=O) groups excluding carboxylic acids is 2. The Labute approximate surface area is 270 Å². The molecule has 0 aliphatic rings. The van der Waals surface area contributed by atoms with Crippen LogP contribution in [0, 0.1) is 0 Å². The molecule has 4 aromatic rings. The molecule has 13 heteroatoms. The smallest absolute Gasteiger partial charge is 0.278 e. The Hall–Kier alpha value is -1.56. The number of nitrogens with zero attached hydrogens (tertiary/aromatic N) is 3. The molecule has 0 aliphatic carbocycles. The van der Waals surface area contributed by atoms with E-state index in [9.17, 15) is 9.59 Å². The molecule has 0 saturated carbocycles. The van der Waals surface area contributed by atoms with Gasteiger partial charge in [0.05, 0.1) is 22.7 Å². The van der Waals surface area contributed by atoms with Crippen molar-refractivity contribution in [1.82, 2.24) is 15.0 Å². The first-order chi connectivity index (χ1) is 18.4. The Morgan fingerprint density at radius 2 is 1.26 bits per heavy atom. The topological polar surface area (TPSA) is 72.4 Å². The maximum atomic E-state index is 12.1. The summed E-state index contributed by atoms with van der Waals surface area (Å²) in [6.07, 6.45) is 3.31. The standard InChI is InChI=1S/C12H6BrCl2NO.C9H9Cl2NO2.C5H3Br2N/c13-7-1-4-11(16-6-7)12(17)9-3-2-8(14)5-10(9)15;1-12(14-2)9(13)7-4-3-6(10)5-8(7)11;6-4-1-2-5(7)8-3-4/h1-6H;3-5H,1-2H3;1-3H. The predicted octanol–water partition coefficient (Wildman–Crippen LogP) is 9.62. The average Bonchev–Trinajstić information content (AvgIpc) is 2.90. The minimum Gasteiger partial charge on any atom is -0.287 e. The van der Waals surface area contributed by atoms with Crippen molar-refractivity contribution in [2.24, 2.45) is 0 Å². The van der Waals surface area contributed by atoms with E-state index in [4.69, 9.17) is 51.2 Å². The molecule has 0 aliphatic heterocycles. The van der Waals surface area contributed by atoms with Gasteiger partial charge in [0.2, 0.25) is 5.78 Å². The normalized spacial score (nSPS) is 9.97. The third-order valence-electron chi connectivity index (χ3n) is 4.55. The van der Waals surface area contributed by atoms with Gasteiger partial charge in [-0.05, 0) is 108 Å². The van der Waals surface area contributed by atoms with E-state index in [1.54, 1.807) is 48.8 Å². The Morgan fingerprint density at radius 1 is 0.744 bits per heavy atom. The van der Waals surface area contributed by atoms with Crippen LogP contribution >= 0.6 is 94.2 Å². The SMILES string of the molecule is Brc1ccc(Br)nc1.CON(C)C(=O)c1ccc(Cl)cc1Cl.O=C(c1ccc(Br)cn1)c1ccc(Cl)cc1Cl. The van der Waals surface area contributed by atoms with E-state index < -0.39 is 0 Å². The average molecular weight is 802 g/mol. The quantitative estimate of drug-likeness (QED) is 0.117. The van der Waals surface area contributed by atoms with Gasteiger partial charge in [-0.15, -0.1) is 0 Å². The molecular formula is C26H18Br3Cl4N3O3. The highest BCUT2D eigenvalue weighted by Crippen LogP contribution is 2.24. The Bertz CT molecular complexity index is 1410. The predicted molar refractivity (Wildman–Crippen MR) is 167 cm³/mol. The molecule has 2 aromatic carbocycles. The number of carbonyl (C=O) groups is 2. The van der Waals surface area contributed by atoms with Crippen molar-refractivity contribution in [2.45, 2.75) is 0 Å². The minimum atomic E-state index is -0.311.